The lowest BCUT2D eigenvalue weighted by Crippen LogP contribution is -2.39. The highest BCUT2D eigenvalue weighted by Crippen LogP contribution is 2.35. The second-order valence-corrected chi connectivity index (χ2v) is 9.60. The maximum absolute atomic E-state index is 13.1. The molecule has 2 saturated heterocycles. The largest absolute Gasteiger partial charge is 0.337 e. The number of benzene rings is 2. The van der Waals surface area contributed by atoms with Crippen LogP contribution in [0, 0.1) is 0 Å². The van der Waals surface area contributed by atoms with Gasteiger partial charge in [0.15, 0.2) is 5.78 Å². The monoisotopic (exact) mass is 432 g/mol. The van der Waals surface area contributed by atoms with Crippen molar-refractivity contribution in [1.29, 1.82) is 0 Å². The third-order valence-electron chi connectivity index (χ3n) is 5.99. The maximum atomic E-state index is 13.1. The summed E-state index contributed by atoms with van der Waals surface area (Å²) >= 11 is 0. The van der Waals surface area contributed by atoms with Crippen molar-refractivity contribution in [3.8, 4) is 0 Å². The molecule has 0 radical (unpaired) electrons. The molecule has 1 N–H and O–H groups in total. The van der Waals surface area contributed by atoms with Gasteiger partial charge in [-0.3, -0.25) is 9.59 Å². The Balaban J connectivity index is 0.00000205. The van der Waals surface area contributed by atoms with Crippen molar-refractivity contribution in [3.63, 3.8) is 0 Å². The van der Waals surface area contributed by atoms with Gasteiger partial charge >= 0.3 is 0 Å². The number of halogens is 1. The fourth-order valence-electron chi connectivity index (χ4n) is 4.53. The summed E-state index contributed by atoms with van der Waals surface area (Å²) in [6, 6.07) is 11.4. The molecule has 2 aromatic rings. The van der Waals surface area contributed by atoms with Gasteiger partial charge in [-0.25, -0.2) is 8.42 Å². The van der Waals surface area contributed by atoms with E-state index in [-0.39, 0.29) is 45.0 Å². The van der Waals surface area contributed by atoms with E-state index in [0.717, 1.165) is 19.3 Å². The van der Waals surface area contributed by atoms with Crippen LogP contribution in [0.25, 0.3) is 0 Å². The normalized spacial score (nSPS) is 24.1. The summed E-state index contributed by atoms with van der Waals surface area (Å²) in [7, 11) is -3.84. The van der Waals surface area contributed by atoms with E-state index in [1.165, 1.54) is 24.3 Å². The number of sulfone groups is 1. The van der Waals surface area contributed by atoms with Crippen LogP contribution in [0.3, 0.4) is 0 Å². The molecule has 2 unspecified atom stereocenters. The molecule has 2 aromatic carbocycles. The van der Waals surface area contributed by atoms with Crippen LogP contribution in [-0.4, -0.2) is 50.2 Å². The Bertz CT molecular complexity index is 1120. The minimum Gasteiger partial charge on any atom is -0.337 e. The lowest BCUT2D eigenvalue weighted by atomic mass is 10.0. The van der Waals surface area contributed by atoms with E-state index < -0.39 is 9.84 Å². The molecule has 2 fully saturated rings. The molecular weight excluding hydrogens is 412 g/mol. The number of carbonyl (C=O) groups is 2. The zero-order chi connectivity index (χ0) is 19.5. The third kappa shape index (κ3) is 3.17. The number of rotatable bonds is 1. The van der Waals surface area contributed by atoms with Gasteiger partial charge < -0.3 is 10.2 Å². The van der Waals surface area contributed by atoms with E-state index in [2.05, 4.69) is 5.32 Å². The third-order valence-corrected chi connectivity index (χ3v) is 7.85. The van der Waals surface area contributed by atoms with Gasteiger partial charge in [0.25, 0.3) is 5.91 Å². The average molecular weight is 433 g/mol. The molecule has 0 spiro atoms. The van der Waals surface area contributed by atoms with Crippen molar-refractivity contribution in [1.82, 2.24) is 10.2 Å². The summed E-state index contributed by atoms with van der Waals surface area (Å²) in [5.74, 6) is -0.505. The van der Waals surface area contributed by atoms with Gasteiger partial charge in [0, 0.05) is 41.9 Å². The molecule has 0 aromatic heterocycles. The van der Waals surface area contributed by atoms with Gasteiger partial charge in [0.05, 0.1) is 9.79 Å². The van der Waals surface area contributed by atoms with Gasteiger partial charge in [-0.2, -0.15) is 0 Å². The summed E-state index contributed by atoms with van der Waals surface area (Å²) in [5, 5.41) is 3.53. The predicted molar refractivity (Wildman–Crippen MR) is 109 cm³/mol. The lowest BCUT2D eigenvalue weighted by molar-refractivity contribution is 0.0747. The summed E-state index contributed by atoms with van der Waals surface area (Å²) in [6.45, 7) is 1.28. The van der Waals surface area contributed by atoms with Gasteiger partial charge in [0.1, 0.15) is 0 Å². The Kier molecular flexibility index (Phi) is 5.01. The number of fused-ring (bicyclic) bond motifs is 4. The minimum atomic E-state index is -3.84. The fraction of sp³-hybridized carbons (Fsp3) is 0.333. The molecule has 152 valence electrons. The summed E-state index contributed by atoms with van der Waals surface area (Å²) in [4.78, 5) is 27.5. The van der Waals surface area contributed by atoms with Crippen LogP contribution in [0.2, 0.25) is 0 Å². The molecule has 0 saturated carbocycles. The van der Waals surface area contributed by atoms with Crippen LogP contribution < -0.4 is 5.32 Å². The number of nitrogens with one attached hydrogen (secondary N) is 1. The number of hydrogen-bond donors (Lipinski definition) is 1. The average Bonchev–Trinajstić information content (AvgIpc) is 3.04. The predicted octanol–water partition coefficient (Wildman–Crippen LogP) is 2.45. The van der Waals surface area contributed by atoms with Crippen LogP contribution in [-0.2, 0) is 9.84 Å². The van der Waals surface area contributed by atoms with Crippen LogP contribution in [0.1, 0.15) is 45.5 Å². The van der Waals surface area contributed by atoms with E-state index >= 15 is 0 Å². The van der Waals surface area contributed by atoms with Crippen molar-refractivity contribution in [2.45, 2.75) is 41.1 Å². The molecule has 3 heterocycles. The van der Waals surface area contributed by atoms with Crippen LogP contribution in [0.5, 0.6) is 0 Å². The van der Waals surface area contributed by atoms with E-state index in [4.69, 9.17) is 0 Å². The minimum absolute atomic E-state index is 0. The van der Waals surface area contributed by atoms with E-state index in [0.29, 0.717) is 30.7 Å². The van der Waals surface area contributed by atoms with Gasteiger partial charge in [-0.1, -0.05) is 12.1 Å². The number of carbonyl (C=O) groups excluding carboxylic acids is 2. The molecular formula is C21H21ClN2O4S. The maximum Gasteiger partial charge on any atom is 0.253 e. The molecule has 3 aliphatic rings. The second kappa shape index (κ2) is 7.23. The summed E-state index contributed by atoms with van der Waals surface area (Å²) in [5.41, 5.74) is 0.628. The Morgan fingerprint density at radius 3 is 2.52 bits per heavy atom. The molecule has 6 nitrogen and oxygen atoms in total. The number of ketones is 1. The zero-order valence-electron chi connectivity index (χ0n) is 15.6. The SMILES string of the molecule is Cl.O=C1c2ccccc2S(=O)(=O)c2cc(C(=O)N3CCC4CCC(C3)N4)ccc21. The first-order valence-electron chi connectivity index (χ1n) is 9.53. The van der Waals surface area contributed by atoms with E-state index in [9.17, 15) is 18.0 Å². The first kappa shape index (κ1) is 20.1. The zero-order valence-corrected chi connectivity index (χ0v) is 17.3. The molecule has 3 aliphatic heterocycles. The summed E-state index contributed by atoms with van der Waals surface area (Å²) < 4.78 is 26.1. The Morgan fingerprint density at radius 2 is 1.69 bits per heavy atom. The molecule has 8 heteroatoms. The van der Waals surface area contributed by atoms with Gasteiger partial charge in [-0.05, 0) is 49.6 Å². The molecule has 0 aliphatic carbocycles. The van der Waals surface area contributed by atoms with Crippen molar-refractivity contribution >= 4 is 33.9 Å². The van der Waals surface area contributed by atoms with Crippen molar-refractivity contribution < 1.29 is 18.0 Å². The Morgan fingerprint density at radius 1 is 0.966 bits per heavy atom. The van der Waals surface area contributed by atoms with Crippen LogP contribution >= 0.6 is 12.4 Å². The van der Waals surface area contributed by atoms with Crippen LogP contribution in [0.4, 0.5) is 0 Å². The Labute approximate surface area is 175 Å². The van der Waals surface area contributed by atoms with Gasteiger partial charge in [-0.15, -0.1) is 12.4 Å². The number of nitrogens with zero attached hydrogens (tertiary/aromatic N) is 1. The molecule has 2 bridgehead atoms. The molecule has 5 rings (SSSR count). The first-order valence-corrected chi connectivity index (χ1v) is 11.0. The number of hydrogen-bond acceptors (Lipinski definition) is 5. The van der Waals surface area contributed by atoms with Gasteiger partial charge in [0.2, 0.25) is 9.84 Å². The molecule has 2 atom stereocenters. The summed E-state index contributed by atoms with van der Waals surface area (Å²) in [6.07, 6.45) is 3.10. The quantitative estimate of drug-likeness (QED) is 0.638. The molecule has 29 heavy (non-hydrogen) atoms. The second-order valence-electron chi connectivity index (χ2n) is 7.72. The van der Waals surface area contributed by atoms with Crippen molar-refractivity contribution in [2.24, 2.45) is 0 Å². The van der Waals surface area contributed by atoms with Crippen LogP contribution in [0.15, 0.2) is 52.3 Å². The highest BCUT2D eigenvalue weighted by molar-refractivity contribution is 7.91. The number of amides is 1. The lowest BCUT2D eigenvalue weighted by Gasteiger charge is -2.25. The smallest absolute Gasteiger partial charge is 0.253 e. The highest BCUT2D eigenvalue weighted by atomic mass is 35.5. The standard InChI is InChI=1S/C21H20N2O4S.ClH/c24-20-16-3-1-2-4-18(16)28(26,27)19-11-13(5-8-17(19)20)21(25)23-10-9-14-6-7-15(12-23)22-14;/h1-5,8,11,14-15,22H,6-7,9-10,12H2;1H. The number of likely N-dealkylation sites (tertiary alicyclic amines) is 1. The highest BCUT2D eigenvalue weighted by Gasteiger charge is 2.36. The van der Waals surface area contributed by atoms with Crippen molar-refractivity contribution in [2.75, 3.05) is 13.1 Å². The molecule has 1 amide bonds. The van der Waals surface area contributed by atoms with E-state index in [1.54, 1.807) is 23.1 Å². The first-order chi connectivity index (χ1) is 13.4. The fourth-order valence-corrected chi connectivity index (χ4v) is 6.20. The van der Waals surface area contributed by atoms with Crippen molar-refractivity contribution in [3.05, 3.63) is 59.2 Å². The Hall–Kier alpha value is -2.22. The van der Waals surface area contributed by atoms with E-state index in [1.807, 2.05) is 0 Å². The topological polar surface area (TPSA) is 83.5 Å².